The van der Waals surface area contributed by atoms with E-state index in [0.29, 0.717) is 5.56 Å². The number of aromatic hydroxyl groups is 2. The molecule has 1 heterocycles. The van der Waals surface area contributed by atoms with Gasteiger partial charge in [-0.3, -0.25) is 4.79 Å². The van der Waals surface area contributed by atoms with Crippen LogP contribution in [0.3, 0.4) is 0 Å². The summed E-state index contributed by atoms with van der Waals surface area (Å²) < 4.78 is 0. The third kappa shape index (κ3) is 4.81. The molecule has 0 saturated carbocycles. The Kier molecular flexibility index (Phi) is 5.16. The van der Waals surface area contributed by atoms with E-state index in [1.165, 1.54) is 36.2 Å². The van der Waals surface area contributed by atoms with Gasteiger partial charge in [0.2, 0.25) is 5.91 Å². The number of carbonyl (C=O) groups is 1. The van der Waals surface area contributed by atoms with Crippen molar-refractivity contribution in [1.82, 2.24) is 10.4 Å². The number of phenols is 2. The Balaban J connectivity index is 1.82. The average Bonchev–Trinajstić information content (AvgIpc) is 2.48. The first-order valence-electron chi connectivity index (χ1n) is 6.03. The number of carbonyl (C=O) groups excluding carboxylic acids is 1. The molecule has 1 aromatic heterocycles. The molecule has 7 heteroatoms. The van der Waals surface area contributed by atoms with Crippen LogP contribution in [0.25, 0.3) is 0 Å². The summed E-state index contributed by atoms with van der Waals surface area (Å²) in [7, 11) is 0. The van der Waals surface area contributed by atoms with Gasteiger partial charge in [-0.1, -0.05) is 17.8 Å². The van der Waals surface area contributed by atoms with Crippen molar-refractivity contribution in [2.75, 3.05) is 5.75 Å². The maximum atomic E-state index is 11.6. The predicted molar refractivity (Wildman–Crippen MR) is 80.5 cm³/mol. The number of benzene rings is 1. The van der Waals surface area contributed by atoms with E-state index >= 15 is 0 Å². The van der Waals surface area contributed by atoms with Crippen LogP contribution in [-0.4, -0.2) is 33.1 Å². The summed E-state index contributed by atoms with van der Waals surface area (Å²) in [5, 5.41) is 23.2. The number of nitrogens with zero attached hydrogens (tertiary/aromatic N) is 2. The molecule has 0 atom stereocenters. The second-order valence-electron chi connectivity index (χ2n) is 3.99. The Morgan fingerprint density at radius 2 is 2.19 bits per heavy atom. The molecule has 0 aliphatic carbocycles. The summed E-state index contributed by atoms with van der Waals surface area (Å²) in [6.45, 7) is 0. The van der Waals surface area contributed by atoms with Crippen molar-refractivity contribution in [1.29, 1.82) is 0 Å². The minimum Gasteiger partial charge on any atom is -0.508 e. The number of aromatic nitrogens is 1. The molecule has 0 fully saturated rings. The van der Waals surface area contributed by atoms with Crippen LogP contribution in [-0.2, 0) is 4.79 Å². The molecule has 6 nitrogen and oxygen atoms in total. The minimum atomic E-state index is -0.278. The molecule has 1 aromatic carbocycles. The number of hydrogen-bond acceptors (Lipinski definition) is 6. The SMILES string of the molecule is O=C(CSc1ccccn1)N/N=C\c1ccc(O)cc1O. The summed E-state index contributed by atoms with van der Waals surface area (Å²) in [5.41, 5.74) is 2.75. The molecule has 0 saturated heterocycles. The first kappa shape index (κ1) is 14.9. The Morgan fingerprint density at radius 3 is 2.90 bits per heavy atom. The fourth-order valence-corrected chi connectivity index (χ4v) is 2.07. The normalized spacial score (nSPS) is 10.7. The van der Waals surface area contributed by atoms with Gasteiger partial charge in [0.1, 0.15) is 11.5 Å². The van der Waals surface area contributed by atoms with E-state index in [2.05, 4.69) is 15.5 Å². The maximum Gasteiger partial charge on any atom is 0.250 e. The lowest BCUT2D eigenvalue weighted by atomic mass is 10.2. The second kappa shape index (κ2) is 7.30. The van der Waals surface area contributed by atoms with Crippen LogP contribution in [0, 0.1) is 0 Å². The molecule has 0 aliphatic heterocycles. The number of hydrazone groups is 1. The third-order valence-electron chi connectivity index (χ3n) is 2.40. The van der Waals surface area contributed by atoms with E-state index in [4.69, 9.17) is 5.11 Å². The molecular formula is C14H13N3O3S. The summed E-state index contributed by atoms with van der Waals surface area (Å²) in [4.78, 5) is 15.7. The van der Waals surface area contributed by atoms with Crippen molar-refractivity contribution in [2.24, 2.45) is 5.10 Å². The third-order valence-corrected chi connectivity index (χ3v) is 3.34. The van der Waals surface area contributed by atoms with E-state index < -0.39 is 0 Å². The number of thioether (sulfide) groups is 1. The lowest BCUT2D eigenvalue weighted by Crippen LogP contribution is -2.19. The van der Waals surface area contributed by atoms with Gasteiger partial charge in [0.05, 0.1) is 17.0 Å². The smallest absolute Gasteiger partial charge is 0.250 e. The number of hydrogen-bond donors (Lipinski definition) is 3. The molecule has 0 radical (unpaired) electrons. The molecule has 0 unspecified atom stereocenters. The maximum absolute atomic E-state index is 11.6. The molecule has 3 N–H and O–H groups in total. The molecule has 108 valence electrons. The largest absolute Gasteiger partial charge is 0.508 e. The summed E-state index contributed by atoms with van der Waals surface area (Å²) in [5.74, 6) is -0.243. The van der Waals surface area contributed by atoms with Crippen LogP contribution < -0.4 is 5.43 Å². The zero-order valence-electron chi connectivity index (χ0n) is 10.9. The van der Waals surface area contributed by atoms with Crippen molar-refractivity contribution >= 4 is 23.9 Å². The van der Waals surface area contributed by atoms with E-state index in [0.717, 1.165) is 5.03 Å². The highest BCUT2D eigenvalue weighted by atomic mass is 32.2. The zero-order valence-corrected chi connectivity index (χ0v) is 11.7. The number of pyridine rings is 1. The van der Waals surface area contributed by atoms with Crippen molar-refractivity contribution < 1.29 is 15.0 Å². The number of phenolic OH excluding ortho intramolecular Hbond substituents is 2. The molecule has 0 bridgehead atoms. The average molecular weight is 303 g/mol. The van der Waals surface area contributed by atoms with Gasteiger partial charge in [-0.15, -0.1) is 0 Å². The minimum absolute atomic E-state index is 0.0413. The van der Waals surface area contributed by atoms with E-state index in [1.807, 2.05) is 12.1 Å². The molecule has 2 aromatic rings. The topological polar surface area (TPSA) is 94.8 Å². The number of rotatable bonds is 5. The lowest BCUT2D eigenvalue weighted by Gasteiger charge is -2.01. The first-order valence-corrected chi connectivity index (χ1v) is 7.01. The van der Waals surface area contributed by atoms with Crippen LogP contribution in [0.2, 0.25) is 0 Å². The van der Waals surface area contributed by atoms with Gasteiger partial charge in [-0.05, 0) is 24.3 Å². The highest BCUT2D eigenvalue weighted by Crippen LogP contribution is 2.20. The molecule has 2 rings (SSSR count). The summed E-state index contributed by atoms with van der Waals surface area (Å²) in [6, 6.07) is 9.57. The highest BCUT2D eigenvalue weighted by molar-refractivity contribution is 7.99. The van der Waals surface area contributed by atoms with Crippen molar-refractivity contribution in [3.05, 3.63) is 48.2 Å². The molecule has 0 aliphatic rings. The van der Waals surface area contributed by atoms with Gasteiger partial charge in [-0.2, -0.15) is 5.10 Å². The zero-order chi connectivity index (χ0) is 15.1. The number of amides is 1. The van der Waals surface area contributed by atoms with Crippen molar-refractivity contribution in [2.45, 2.75) is 5.03 Å². The fraction of sp³-hybridized carbons (Fsp3) is 0.0714. The fourth-order valence-electron chi connectivity index (χ4n) is 1.42. The van der Waals surface area contributed by atoms with Gasteiger partial charge in [-0.25, -0.2) is 10.4 Å². The Bertz CT molecular complexity index is 647. The van der Waals surface area contributed by atoms with Gasteiger partial charge >= 0.3 is 0 Å². The molecular weight excluding hydrogens is 290 g/mol. The second-order valence-corrected chi connectivity index (χ2v) is 4.99. The highest BCUT2D eigenvalue weighted by Gasteiger charge is 2.02. The quantitative estimate of drug-likeness (QED) is 0.444. The first-order chi connectivity index (χ1) is 10.1. The van der Waals surface area contributed by atoms with Crippen LogP contribution >= 0.6 is 11.8 Å². The molecule has 0 spiro atoms. The summed E-state index contributed by atoms with van der Waals surface area (Å²) in [6.07, 6.45) is 2.96. The Morgan fingerprint density at radius 1 is 1.33 bits per heavy atom. The summed E-state index contributed by atoms with van der Waals surface area (Å²) >= 11 is 1.30. The molecule has 1 amide bonds. The Labute approximate surface area is 125 Å². The Hall–Kier alpha value is -2.54. The van der Waals surface area contributed by atoms with Crippen molar-refractivity contribution in [3.8, 4) is 11.5 Å². The predicted octanol–water partition coefficient (Wildman–Crippen LogP) is 1.74. The molecule has 21 heavy (non-hydrogen) atoms. The van der Waals surface area contributed by atoms with E-state index in [9.17, 15) is 9.90 Å². The van der Waals surface area contributed by atoms with Crippen molar-refractivity contribution in [3.63, 3.8) is 0 Å². The monoisotopic (exact) mass is 303 g/mol. The van der Waals surface area contributed by atoms with Gasteiger partial charge in [0.15, 0.2) is 0 Å². The van der Waals surface area contributed by atoms with Crippen LogP contribution in [0.15, 0.2) is 52.7 Å². The van der Waals surface area contributed by atoms with E-state index in [-0.39, 0.29) is 23.2 Å². The van der Waals surface area contributed by atoms with Gasteiger partial charge in [0.25, 0.3) is 0 Å². The van der Waals surface area contributed by atoms with Crippen LogP contribution in [0.5, 0.6) is 11.5 Å². The van der Waals surface area contributed by atoms with Gasteiger partial charge in [0, 0.05) is 17.8 Å². The van der Waals surface area contributed by atoms with Crippen LogP contribution in [0.4, 0.5) is 0 Å². The number of nitrogens with one attached hydrogen (secondary N) is 1. The van der Waals surface area contributed by atoms with Gasteiger partial charge < -0.3 is 10.2 Å². The van der Waals surface area contributed by atoms with Crippen LogP contribution in [0.1, 0.15) is 5.56 Å². The standard InChI is InChI=1S/C14H13N3O3S/c18-11-5-4-10(12(19)7-11)8-16-17-13(20)9-21-14-3-1-2-6-15-14/h1-8,18-19H,9H2,(H,17,20)/b16-8-. The lowest BCUT2D eigenvalue weighted by molar-refractivity contribution is -0.118. The van der Waals surface area contributed by atoms with E-state index in [1.54, 1.807) is 12.3 Å².